The molecule has 0 aromatic heterocycles. The fourth-order valence-electron chi connectivity index (χ4n) is 4.52. The number of likely N-dealkylation sites (tertiary alicyclic amines) is 2. The Kier molecular flexibility index (Phi) is 6.14. The average molecular weight is 335 g/mol. The molecular formula is C19H33N3O2. The summed E-state index contributed by atoms with van der Waals surface area (Å²) < 4.78 is 0. The summed E-state index contributed by atoms with van der Waals surface area (Å²) in [4.78, 5) is 29.0. The summed E-state index contributed by atoms with van der Waals surface area (Å²) in [5.74, 6) is 1.30. The van der Waals surface area contributed by atoms with Gasteiger partial charge in [0.15, 0.2) is 0 Å². The van der Waals surface area contributed by atoms with E-state index in [1.54, 1.807) is 0 Å². The van der Waals surface area contributed by atoms with Gasteiger partial charge in [0.05, 0.1) is 6.54 Å². The van der Waals surface area contributed by atoms with Crippen molar-refractivity contribution >= 4 is 11.8 Å². The van der Waals surface area contributed by atoms with E-state index < -0.39 is 0 Å². The van der Waals surface area contributed by atoms with Crippen LogP contribution in [0.5, 0.6) is 0 Å². The van der Waals surface area contributed by atoms with Crippen LogP contribution in [-0.2, 0) is 9.59 Å². The van der Waals surface area contributed by atoms with E-state index in [9.17, 15) is 9.59 Å². The molecule has 0 aromatic rings. The minimum absolute atomic E-state index is 0.165. The Morgan fingerprint density at radius 3 is 2.25 bits per heavy atom. The number of nitrogens with zero attached hydrogens (tertiary/aromatic N) is 2. The summed E-state index contributed by atoms with van der Waals surface area (Å²) in [6.45, 7) is 6.38. The Labute approximate surface area is 146 Å². The third-order valence-electron chi connectivity index (χ3n) is 6.18. The number of hydrogen-bond donors (Lipinski definition) is 1. The quantitative estimate of drug-likeness (QED) is 0.855. The minimum Gasteiger partial charge on any atom is -0.352 e. The van der Waals surface area contributed by atoms with Gasteiger partial charge in [0.25, 0.3) is 0 Å². The maximum Gasteiger partial charge on any atom is 0.234 e. The van der Waals surface area contributed by atoms with Crippen LogP contribution in [0.1, 0.15) is 58.3 Å². The number of hydrogen-bond acceptors (Lipinski definition) is 3. The summed E-state index contributed by atoms with van der Waals surface area (Å²) in [5.41, 5.74) is 0. The molecule has 136 valence electrons. The molecule has 3 rings (SSSR count). The molecule has 3 aliphatic rings. The van der Waals surface area contributed by atoms with Crippen molar-refractivity contribution in [2.45, 2.75) is 64.3 Å². The zero-order valence-corrected chi connectivity index (χ0v) is 15.1. The predicted octanol–water partition coefficient (Wildman–Crippen LogP) is 2.02. The first kappa shape index (κ1) is 17.7. The van der Waals surface area contributed by atoms with Gasteiger partial charge >= 0.3 is 0 Å². The largest absolute Gasteiger partial charge is 0.352 e. The SMILES string of the molecule is CC1CCCCC1NC(=O)CN1CCC(C(=O)N2CCCC2)CC1. The second-order valence-corrected chi connectivity index (χ2v) is 8.02. The number of amides is 2. The van der Waals surface area contributed by atoms with Crippen LogP contribution in [-0.4, -0.2) is 60.4 Å². The van der Waals surface area contributed by atoms with Gasteiger partial charge in [-0.1, -0.05) is 19.8 Å². The normalized spacial score (nSPS) is 29.6. The Morgan fingerprint density at radius 2 is 1.58 bits per heavy atom. The summed E-state index contributed by atoms with van der Waals surface area (Å²) in [6, 6.07) is 0.362. The lowest BCUT2D eigenvalue weighted by atomic mass is 9.86. The first-order valence-electron chi connectivity index (χ1n) is 9.94. The van der Waals surface area contributed by atoms with Gasteiger partial charge in [-0.3, -0.25) is 14.5 Å². The lowest BCUT2D eigenvalue weighted by Gasteiger charge is -2.34. The number of piperidine rings is 1. The van der Waals surface area contributed by atoms with E-state index >= 15 is 0 Å². The van der Waals surface area contributed by atoms with Crippen molar-refractivity contribution in [1.29, 1.82) is 0 Å². The molecule has 5 nitrogen and oxygen atoms in total. The third-order valence-corrected chi connectivity index (χ3v) is 6.18. The number of carbonyl (C=O) groups is 2. The molecule has 1 aliphatic carbocycles. The molecule has 24 heavy (non-hydrogen) atoms. The maximum absolute atomic E-state index is 12.5. The second kappa shape index (κ2) is 8.32. The van der Waals surface area contributed by atoms with E-state index in [0.29, 0.717) is 24.4 Å². The molecule has 0 radical (unpaired) electrons. The molecule has 1 N–H and O–H groups in total. The van der Waals surface area contributed by atoms with E-state index in [0.717, 1.165) is 58.3 Å². The lowest BCUT2D eigenvalue weighted by Crippen LogP contribution is -2.48. The van der Waals surface area contributed by atoms with Crippen molar-refractivity contribution in [3.63, 3.8) is 0 Å². The van der Waals surface area contributed by atoms with Gasteiger partial charge in [-0.2, -0.15) is 0 Å². The van der Waals surface area contributed by atoms with E-state index in [1.807, 2.05) is 4.90 Å². The fraction of sp³-hybridized carbons (Fsp3) is 0.895. The van der Waals surface area contributed by atoms with Crippen molar-refractivity contribution < 1.29 is 9.59 Å². The minimum atomic E-state index is 0.165. The molecule has 2 heterocycles. The summed E-state index contributed by atoms with van der Waals surface area (Å²) in [5, 5.41) is 3.24. The first-order valence-corrected chi connectivity index (χ1v) is 9.94. The standard InChI is InChI=1S/C19H33N3O2/c1-15-6-2-3-7-17(15)20-18(23)14-21-12-8-16(9-13-21)19(24)22-10-4-5-11-22/h15-17H,2-14H2,1H3,(H,20,23). The number of carbonyl (C=O) groups excluding carboxylic acids is 2. The third kappa shape index (κ3) is 4.50. The van der Waals surface area contributed by atoms with Gasteiger partial charge in [0.1, 0.15) is 0 Å². The highest BCUT2D eigenvalue weighted by molar-refractivity contribution is 5.80. The van der Waals surface area contributed by atoms with Crippen LogP contribution in [0.3, 0.4) is 0 Å². The highest BCUT2D eigenvalue weighted by atomic mass is 16.2. The first-order chi connectivity index (χ1) is 11.6. The zero-order valence-electron chi connectivity index (χ0n) is 15.1. The number of rotatable bonds is 4. The van der Waals surface area contributed by atoms with Crippen molar-refractivity contribution in [2.75, 3.05) is 32.7 Å². The molecule has 0 bridgehead atoms. The molecule has 2 aliphatic heterocycles. The van der Waals surface area contributed by atoms with Crippen LogP contribution >= 0.6 is 0 Å². The van der Waals surface area contributed by atoms with Crippen molar-refractivity contribution in [2.24, 2.45) is 11.8 Å². The molecule has 2 amide bonds. The van der Waals surface area contributed by atoms with Gasteiger partial charge in [0, 0.05) is 25.0 Å². The van der Waals surface area contributed by atoms with Crippen molar-refractivity contribution in [1.82, 2.24) is 15.1 Å². The van der Waals surface area contributed by atoms with Crippen LogP contribution in [0.15, 0.2) is 0 Å². The van der Waals surface area contributed by atoms with Gasteiger partial charge < -0.3 is 10.2 Å². The zero-order chi connectivity index (χ0) is 16.9. The highest BCUT2D eigenvalue weighted by Crippen LogP contribution is 2.24. The Balaban J connectivity index is 1.38. The van der Waals surface area contributed by atoms with Gasteiger partial charge in [-0.25, -0.2) is 0 Å². The van der Waals surface area contributed by atoms with Gasteiger partial charge in [-0.15, -0.1) is 0 Å². The van der Waals surface area contributed by atoms with Crippen molar-refractivity contribution in [3.8, 4) is 0 Å². The topological polar surface area (TPSA) is 52.7 Å². The van der Waals surface area contributed by atoms with Crippen LogP contribution < -0.4 is 5.32 Å². The Morgan fingerprint density at radius 1 is 0.917 bits per heavy atom. The maximum atomic E-state index is 12.5. The van der Waals surface area contributed by atoms with Gasteiger partial charge in [0.2, 0.25) is 11.8 Å². The fourth-order valence-corrected chi connectivity index (χ4v) is 4.52. The van der Waals surface area contributed by atoms with E-state index in [4.69, 9.17) is 0 Å². The predicted molar refractivity (Wildman–Crippen MR) is 94.5 cm³/mol. The molecule has 0 aromatic carbocycles. The lowest BCUT2D eigenvalue weighted by molar-refractivity contribution is -0.136. The summed E-state index contributed by atoms with van der Waals surface area (Å²) in [7, 11) is 0. The second-order valence-electron chi connectivity index (χ2n) is 8.02. The molecule has 3 fully saturated rings. The van der Waals surface area contributed by atoms with E-state index in [-0.39, 0.29) is 11.8 Å². The molecule has 2 atom stereocenters. The molecule has 5 heteroatoms. The molecule has 0 spiro atoms. The van der Waals surface area contributed by atoms with E-state index in [1.165, 1.54) is 19.3 Å². The molecular weight excluding hydrogens is 302 g/mol. The van der Waals surface area contributed by atoms with Gasteiger partial charge in [-0.05, 0) is 57.5 Å². The average Bonchev–Trinajstić information content (AvgIpc) is 3.11. The van der Waals surface area contributed by atoms with Crippen LogP contribution in [0, 0.1) is 11.8 Å². The van der Waals surface area contributed by atoms with Crippen molar-refractivity contribution in [3.05, 3.63) is 0 Å². The van der Waals surface area contributed by atoms with Crippen LogP contribution in [0.25, 0.3) is 0 Å². The van der Waals surface area contributed by atoms with Crippen LogP contribution in [0.4, 0.5) is 0 Å². The summed E-state index contributed by atoms with van der Waals surface area (Å²) in [6.07, 6.45) is 9.01. The number of nitrogens with one attached hydrogen (secondary N) is 1. The summed E-state index contributed by atoms with van der Waals surface area (Å²) >= 11 is 0. The monoisotopic (exact) mass is 335 g/mol. The molecule has 2 unspecified atom stereocenters. The Hall–Kier alpha value is -1.10. The Bertz CT molecular complexity index is 440. The highest BCUT2D eigenvalue weighted by Gasteiger charge is 2.30. The van der Waals surface area contributed by atoms with Crippen LogP contribution in [0.2, 0.25) is 0 Å². The smallest absolute Gasteiger partial charge is 0.234 e. The molecule has 1 saturated carbocycles. The molecule has 2 saturated heterocycles. The van der Waals surface area contributed by atoms with E-state index in [2.05, 4.69) is 17.1 Å².